The van der Waals surface area contributed by atoms with E-state index in [1.807, 2.05) is 37.3 Å². The molecule has 0 radical (unpaired) electrons. The molecule has 2 heterocycles. The van der Waals surface area contributed by atoms with Gasteiger partial charge < -0.3 is 5.32 Å². The van der Waals surface area contributed by atoms with Crippen LogP contribution < -0.4 is 10.2 Å². The Balaban J connectivity index is 1.98. The fraction of sp³-hybridized carbons (Fsp3) is 0.188. The largest absolute Gasteiger partial charge is 0.339 e. The van der Waals surface area contributed by atoms with Crippen LogP contribution in [0.5, 0.6) is 0 Å². The maximum Gasteiger partial charge on any atom is 0.254 e. The van der Waals surface area contributed by atoms with Crippen LogP contribution in [0.3, 0.4) is 0 Å². The molecule has 1 unspecified atom stereocenters. The summed E-state index contributed by atoms with van der Waals surface area (Å²) in [7, 11) is 0. The second kappa shape index (κ2) is 5.36. The van der Waals surface area contributed by atoms with Crippen molar-refractivity contribution >= 4 is 17.5 Å². The molecule has 0 aliphatic carbocycles. The molecule has 1 aliphatic rings. The molecule has 5 heteroatoms. The molecule has 1 aromatic heterocycles. The first-order valence-corrected chi connectivity index (χ1v) is 6.74. The number of aromatic nitrogens is 1. The van der Waals surface area contributed by atoms with Crippen molar-refractivity contribution in [2.45, 2.75) is 13.0 Å². The van der Waals surface area contributed by atoms with Gasteiger partial charge in [0.1, 0.15) is 12.6 Å². The van der Waals surface area contributed by atoms with Gasteiger partial charge in [0.15, 0.2) is 0 Å². The summed E-state index contributed by atoms with van der Waals surface area (Å²) in [4.78, 5) is 30.4. The molecule has 21 heavy (non-hydrogen) atoms. The van der Waals surface area contributed by atoms with Crippen LogP contribution in [0.15, 0.2) is 48.7 Å². The summed E-state index contributed by atoms with van der Waals surface area (Å²) in [6, 6.07) is 12.2. The van der Waals surface area contributed by atoms with Crippen molar-refractivity contribution in [3.63, 3.8) is 0 Å². The highest BCUT2D eigenvalue weighted by Crippen LogP contribution is 2.25. The molecule has 1 atom stereocenters. The molecule has 1 aromatic carbocycles. The van der Waals surface area contributed by atoms with E-state index < -0.39 is 6.04 Å². The number of anilines is 1. The summed E-state index contributed by atoms with van der Waals surface area (Å²) in [5.74, 6) is -0.316. The van der Waals surface area contributed by atoms with Crippen LogP contribution in [0.25, 0.3) is 0 Å². The molecule has 1 N–H and O–H groups in total. The molecule has 2 amide bonds. The van der Waals surface area contributed by atoms with Crippen LogP contribution in [0.4, 0.5) is 5.69 Å². The van der Waals surface area contributed by atoms with E-state index >= 15 is 0 Å². The van der Waals surface area contributed by atoms with Crippen LogP contribution in [0, 0.1) is 6.92 Å². The Bertz CT molecular complexity index is 685. The number of benzene rings is 1. The average Bonchev–Trinajstić information content (AvgIpc) is 2.51. The molecular formula is C16H15N3O2. The number of rotatable bonds is 2. The van der Waals surface area contributed by atoms with E-state index in [-0.39, 0.29) is 18.4 Å². The molecule has 2 aromatic rings. The minimum absolute atomic E-state index is 0.0225. The quantitative estimate of drug-likeness (QED) is 0.909. The summed E-state index contributed by atoms with van der Waals surface area (Å²) in [6.07, 6.45) is 1.67. The van der Waals surface area contributed by atoms with Crippen LogP contribution >= 0.6 is 0 Å². The number of pyridine rings is 1. The van der Waals surface area contributed by atoms with Gasteiger partial charge in [0, 0.05) is 6.20 Å². The lowest BCUT2D eigenvalue weighted by atomic mass is 10.0. The number of piperazine rings is 1. The number of hydrogen-bond acceptors (Lipinski definition) is 3. The van der Waals surface area contributed by atoms with Crippen molar-refractivity contribution in [1.29, 1.82) is 0 Å². The zero-order valence-corrected chi connectivity index (χ0v) is 11.6. The average molecular weight is 281 g/mol. The summed E-state index contributed by atoms with van der Waals surface area (Å²) in [5.41, 5.74) is 2.19. The molecule has 3 rings (SSSR count). The van der Waals surface area contributed by atoms with Crippen LogP contribution in [-0.4, -0.2) is 23.3 Å². The number of nitrogens with zero attached hydrogens (tertiary/aromatic N) is 2. The first-order valence-electron chi connectivity index (χ1n) is 6.74. The van der Waals surface area contributed by atoms with E-state index in [0.29, 0.717) is 5.69 Å². The van der Waals surface area contributed by atoms with Gasteiger partial charge in [0.2, 0.25) is 5.91 Å². The second-order valence-corrected chi connectivity index (χ2v) is 4.94. The summed E-state index contributed by atoms with van der Waals surface area (Å²) < 4.78 is 0. The minimum Gasteiger partial charge on any atom is -0.339 e. The Kier molecular flexibility index (Phi) is 3.39. The lowest BCUT2D eigenvalue weighted by Crippen LogP contribution is -2.53. The molecule has 0 spiro atoms. The fourth-order valence-electron chi connectivity index (χ4n) is 2.48. The molecule has 1 saturated heterocycles. The van der Waals surface area contributed by atoms with Crippen molar-refractivity contribution in [3.8, 4) is 0 Å². The zero-order valence-electron chi connectivity index (χ0n) is 11.6. The van der Waals surface area contributed by atoms with Gasteiger partial charge in [-0.25, -0.2) is 0 Å². The Hall–Kier alpha value is -2.69. The van der Waals surface area contributed by atoms with Crippen LogP contribution in [0.1, 0.15) is 17.3 Å². The third kappa shape index (κ3) is 2.50. The predicted molar refractivity (Wildman–Crippen MR) is 78.7 cm³/mol. The normalized spacial score (nSPS) is 18.5. The highest BCUT2D eigenvalue weighted by Gasteiger charge is 2.35. The fourth-order valence-corrected chi connectivity index (χ4v) is 2.48. The SMILES string of the molecule is Cc1ncccc1N1CC(=O)NC(c2ccccc2)C1=O. The number of carbonyl (C=O) groups excluding carboxylic acids is 2. The summed E-state index contributed by atoms with van der Waals surface area (Å²) in [5, 5.41) is 2.75. The highest BCUT2D eigenvalue weighted by atomic mass is 16.2. The molecular weight excluding hydrogens is 266 g/mol. The Labute approximate surface area is 122 Å². The minimum atomic E-state index is -0.646. The van der Waals surface area contributed by atoms with E-state index in [1.165, 1.54) is 4.90 Å². The van der Waals surface area contributed by atoms with E-state index in [1.54, 1.807) is 18.3 Å². The van der Waals surface area contributed by atoms with Gasteiger partial charge in [-0.05, 0) is 24.6 Å². The monoisotopic (exact) mass is 281 g/mol. The Morgan fingerprint density at radius 2 is 1.90 bits per heavy atom. The van der Waals surface area contributed by atoms with E-state index in [0.717, 1.165) is 11.3 Å². The number of aryl methyl sites for hydroxylation is 1. The number of amides is 2. The molecule has 1 aliphatic heterocycles. The first-order chi connectivity index (χ1) is 10.2. The topological polar surface area (TPSA) is 62.3 Å². The third-order valence-corrected chi connectivity index (χ3v) is 3.52. The standard InChI is InChI=1S/C16H15N3O2/c1-11-13(8-5-9-17-11)19-10-14(20)18-15(16(19)21)12-6-3-2-4-7-12/h2-9,15H,10H2,1H3,(H,18,20). The lowest BCUT2D eigenvalue weighted by Gasteiger charge is -2.33. The first kappa shape index (κ1) is 13.3. The van der Waals surface area contributed by atoms with Crippen molar-refractivity contribution in [3.05, 3.63) is 59.9 Å². The van der Waals surface area contributed by atoms with Gasteiger partial charge in [-0.2, -0.15) is 0 Å². The van der Waals surface area contributed by atoms with E-state index in [2.05, 4.69) is 10.3 Å². The van der Waals surface area contributed by atoms with Crippen molar-refractivity contribution < 1.29 is 9.59 Å². The Morgan fingerprint density at radius 3 is 2.62 bits per heavy atom. The molecule has 5 nitrogen and oxygen atoms in total. The summed E-state index contributed by atoms with van der Waals surface area (Å²) >= 11 is 0. The third-order valence-electron chi connectivity index (χ3n) is 3.52. The number of hydrogen-bond donors (Lipinski definition) is 1. The second-order valence-electron chi connectivity index (χ2n) is 4.94. The summed E-state index contributed by atoms with van der Waals surface area (Å²) in [6.45, 7) is 1.85. The van der Waals surface area contributed by atoms with Crippen LogP contribution in [0.2, 0.25) is 0 Å². The van der Waals surface area contributed by atoms with Gasteiger partial charge in [-0.3, -0.25) is 19.5 Å². The van der Waals surface area contributed by atoms with E-state index in [4.69, 9.17) is 0 Å². The van der Waals surface area contributed by atoms with Gasteiger partial charge in [0.25, 0.3) is 5.91 Å². The van der Waals surface area contributed by atoms with E-state index in [9.17, 15) is 9.59 Å². The number of carbonyl (C=O) groups is 2. The molecule has 106 valence electrons. The van der Waals surface area contributed by atoms with Gasteiger partial charge >= 0.3 is 0 Å². The van der Waals surface area contributed by atoms with Crippen LogP contribution in [-0.2, 0) is 9.59 Å². The smallest absolute Gasteiger partial charge is 0.254 e. The molecule has 1 fully saturated rings. The maximum atomic E-state index is 12.7. The Morgan fingerprint density at radius 1 is 1.14 bits per heavy atom. The number of nitrogens with one attached hydrogen (secondary N) is 1. The predicted octanol–water partition coefficient (Wildman–Crippen LogP) is 1.59. The molecule has 0 saturated carbocycles. The zero-order chi connectivity index (χ0) is 14.8. The highest BCUT2D eigenvalue weighted by molar-refractivity contribution is 6.07. The van der Waals surface area contributed by atoms with Gasteiger partial charge in [-0.15, -0.1) is 0 Å². The van der Waals surface area contributed by atoms with Crippen molar-refractivity contribution in [1.82, 2.24) is 10.3 Å². The maximum absolute atomic E-state index is 12.7. The lowest BCUT2D eigenvalue weighted by molar-refractivity contribution is -0.131. The van der Waals surface area contributed by atoms with Gasteiger partial charge in [-0.1, -0.05) is 30.3 Å². The van der Waals surface area contributed by atoms with Crippen molar-refractivity contribution in [2.24, 2.45) is 0 Å². The van der Waals surface area contributed by atoms with Gasteiger partial charge in [0.05, 0.1) is 11.4 Å². The molecule has 0 bridgehead atoms. The van der Waals surface area contributed by atoms with Crippen molar-refractivity contribution in [2.75, 3.05) is 11.4 Å².